The van der Waals surface area contributed by atoms with E-state index < -0.39 is 5.92 Å². The first-order valence-electron chi connectivity index (χ1n) is 7.23. The van der Waals surface area contributed by atoms with E-state index >= 15 is 0 Å². The number of hydrogen-bond acceptors (Lipinski definition) is 3. The fourth-order valence-corrected chi connectivity index (χ4v) is 3.11. The van der Waals surface area contributed by atoms with Gasteiger partial charge in [0.1, 0.15) is 5.92 Å². The highest BCUT2D eigenvalue weighted by Crippen LogP contribution is 2.35. The van der Waals surface area contributed by atoms with E-state index in [9.17, 15) is 10.5 Å². The van der Waals surface area contributed by atoms with Gasteiger partial charge in [0.05, 0.1) is 18.2 Å². The van der Waals surface area contributed by atoms with Crippen LogP contribution < -0.4 is 0 Å². The van der Waals surface area contributed by atoms with Crippen molar-refractivity contribution < 1.29 is 4.74 Å². The molecule has 0 amide bonds. The minimum atomic E-state index is -0.672. The Morgan fingerprint density at radius 2 is 1.81 bits per heavy atom. The van der Waals surface area contributed by atoms with Gasteiger partial charge in [-0.25, -0.2) is 0 Å². The smallest absolute Gasteiger partial charge is 0.142 e. The maximum Gasteiger partial charge on any atom is 0.142 e. The van der Waals surface area contributed by atoms with Crippen LogP contribution >= 0.6 is 0 Å². The molecule has 3 heteroatoms. The summed E-state index contributed by atoms with van der Waals surface area (Å²) in [6.07, 6.45) is 1.88. The molecule has 0 bridgehead atoms. The molecule has 2 aromatic carbocycles. The van der Waals surface area contributed by atoms with Crippen LogP contribution in [0.2, 0.25) is 0 Å². The third kappa shape index (κ3) is 2.61. The lowest BCUT2D eigenvalue weighted by Gasteiger charge is -2.24. The van der Waals surface area contributed by atoms with Gasteiger partial charge in [-0.05, 0) is 29.2 Å². The van der Waals surface area contributed by atoms with Gasteiger partial charge in [-0.15, -0.1) is 0 Å². The molecule has 2 unspecified atom stereocenters. The summed E-state index contributed by atoms with van der Waals surface area (Å²) in [7, 11) is 0. The molecule has 1 aliphatic heterocycles. The van der Waals surface area contributed by atoms with Crippen molar-refractivity contribution in [1.29, 1.82) is 10.5 Å². The maximum atomic E-state index is 9.30. The lowest BCUT2D eigenvalue weighted by molar-refractivity contribution is 0.0828. The minimum Gasteiger partial charge on any atom is -0.377 e. The molecule has 1 aliphatic rings. The molecule has 3 rings (SSSR count). The molecule has 1 heterocycles. The third-order valence-corrected chi connectivity index (χ3v) is 4.16. The van der Waals surface area contributed by atoms with Gasteiger partial charge < -0.3 is 4.74 Å². The highest BCUT2D eigenvalue weighted by molar-refractivity contribution is 5.83. The molecule has 0 aromatic heterocycles. The molecule has 2 aromatic rings. The standard InChI is InChI=1S/C18H16N2O/c19-11-16(12-20)18(17-6-3-9-21-17)15-8-7-13-4-1-2-5-14(13)10-15/h1-2,4-5,7-8,10,16-18H,3,6,9H2. The Balaban J connectivity index is 2.05. The molecule has 0 N–H and O–H groups in total. The van der Waals surface area contributed by atoms with Crippen molar-refractivity contribution in [2.24, 2.45) is 5.92 Å². The zero-order chi connectivity index (χ0) is 14.7. The van der Waals surface area contributed by atoms with Crippen LogP contribution in [0.4, 0.5) is 0 Å². The van der Waals surface area contributed by atoms with Crippen LogP contribution in [0.25, 0.3) is 10.8 Å². The predicted molar refractivity (Wildman–Crippen MR) is 80.4 cm³/mol. The second-order valence-corrected chi connectivity index (χ2v) is 5.42. The fourth-order valence-electron chi connectivity index (χ4n) is 3.11. The van der Waals surface area contributed by atoms with Gasteiger partial charge in [0, 0.05) is 12.5 Å². The first kappa shape index (κ1) is 13.6. The van der Waals surface area contributed by atoms with Crippen LogP contribution in [0, 0.1) is 28.6 Å². The van der Waals surface area contributed by atoms with Gasteiger partial charge in [-0.2, -0.15) is 10.5 Å². The fraction of sp³-hybridized carbons (Fsp3) is 0.333. The van der Waals surface area contributed by atoms with Gasteiger partial charge in [-0.3, -0.25) is 0 Å². The van der Waals surface area contributed by atoms with Crippen molar-refractivity contribution in [2.45, 2.75) is 24.9 Å². The molecule has 0 radical (unpaired) electrons. The van der Waals surface area contributed by atoms with E-state index in [1.807, 2.05) is 18.2 Å². The molecule has 21 heavy (non-hydrogen) atoms. The van der Waals surface area contributed by atoms with E-state index in [1.54, 1.807) is 0 Å². The monoisotopic (exact) mass is 276 g/mol. The van der Waals surface area contributed by atoms with Gasteiger partial charge in [0.2, 0.25) is 0 Å². The number of fused-ring (bicyclic) bond motifs is 1. The summed E-state index contributed by atoms with van der Waals surface area (Å²) in [5, 5.41) is 20.9. The summed E-state index contributed by atoms with van der Waals surface area (Å²) in [5.74, 6) is -0.846. The lowest BCUT2D eigenvalue weighted by Crippen LogP contribution is -2.24. The van der Waals surface area contributed by atoms with Gasteiger partial charge in [0.25, 0.3) is 0 Å². The Kier molecular flexibility index (Phi) is 3.86. The molecular formula is C18H16N2O. The summed E-state index contributed by atoms with van der Waals surface area (Å²) in [6.45, 7) is 0.721. The molecule has 0 aliphatic carbocycles. The van der Waals surface area contributed by atoms with E-state index in [0.717, 1.165) is 35.8 Å². The van der Waals surface area contributed by atoms with Crippen molar-refractivity contribution in [1.82, 2.24) is 0 Å². The SMILES string of the molecule is N#CC(C#N)C(c1ccc2ccccc2c1)C1CCCO1. The average molecular weight is 276 g/mol. The van der Waals surface area contributed by atoms with Gasteiger partial charge >= 0.3 is 0 Å². The minimum absolute atomic E-state index is 0.0320. The summed E-state index contributed by atoms with van der Waals surface area (Å²) >= 11 is 0. The second kappa shape index (κ2) is 5.95. The zero-order valence-electron chi connectivity index (χ0n) is 11.7. The number of benzene rings is 2. The summed E-state index contributed by atoms with van der Waals surface area (Å²) in [5.41, 5.74) is 1.02. The van der Waals surface area contributed by atoms with Crippen molar-refractivity contribution in [3.63, 3.8) is 0 Å². The first-order valence-corrected chi connectivity index (χ1v) is 7.23. The summed E-state index contributed by atoms with van der Waals surface area (Å²) < 4.78 is 5.76. The van der Waals surface area contributed by atoms with Crippen LogP contribution in [-0.2, 0) is 4.74 Å². The average Bonchev–Trinajstić information content (AvgIpc) is 3.06. The number of nitriles is 2. The van der Waals surface area contributed by atoms with Gasteiger partial charge in [0.15, 0.2) is 0 Å². The van der Waals surface area contributed by atoms with E-state index in [0.29, 0.717) is 0 Å². The van der Waals surface area contributed by atoms with Crippen LogP contribution in [0.15, 0.2) is 42.5 Å². The second-order valence-electron chi connectivity index (χ2n) is 5.42. The van der Waals surface area contributed by atoms with E-state index in [-0.39, 0.29) is 12.0 Å². The highest BCUT2D eigenvalue weighted by atomic mass is 16.5. The predicted octanol–water partition coefficient (Wildman–Crippen LogP) is 3.77. The van der Waals surface area contributed by atoms with Crippen LogP contribution in [0.3, 0.4) is 0 Å². The van der Waals surface area contributed by atoms with Crippen molar-refractivity contribution >= 4 is 10.8 Å². The maximum absolute atomic E-state index is 9.30. The molecular weight excluding hydrogens is 260 g/mol. The van der Waals surface area contributed by atoms with E-state index in [4.69, 9.17) is 4.74 Å². The molecule has 1 fully saturated rings. The zero-order valence-corrected chi connectivity index (χ0v) is 11.7. The molecule has 0 spiro atoms. The normalized spacial score (nSPS) is 19.3. The van der Waals surface area contributed by atoms with Crippen molar-refractivity contribution in [3.05, 3.63) is 48.0 Å². The van der Waals surface area contributed by atoms with E-state index in [1.165, 1.54) is 0 Å². The van der Waals surface area contributed by atoms with Crippen molar-refractivity contribution in [2.75, 3.05) is 6.61 Å². The molecule has 2 atom stereocenters. The Morgan fingerprint density at radius 3 is 2.48 bits per heavy atom. The third-order valence-electron chi connectivity index (χ3n) is 4.16. The number of hydrogen-bond donors (Lipinski definition) is 0. The van der Waals surface area contributed by atoms with Crippen LogP contribution in [0.1, 0.15) is 24.3 Å². The molecule has 1 saturated heterocycles. The summed E-state index contributed by atoms with van der Waals surface area (Å²) in [6, 6.07) is 18.6. The largest absolute Gasteiger partial charge is 0.377 e. The number of ether oxygens (including phenoxy) is 1. The molecule has 104 valence electrons. The Bertz CT molecular complexity index is 706. The Morgan fingerprint density at radius 1 is 1.05 bits per heavy atom. The van der Waals surface area contributed by atoms with Crippen molar-refractivity contribution in [3.8, 4) is 12.1 Å². The van der Waals surface area contributed by atoms with Gasteiger partial charge in [-0.1, -0.05) is 42.5 Å². The first-order chi connectivity index (χ1) is 10.3. The Labute approximate surface area is 124 Å². The molecule has 0 saturated carbocycles. The number of nitrogens with zero attached hydrogens (tertiary/aromatic N) is 2. The van der Waals surface area contributed by atoms with Crippen LogP contribution in [-0.4, -0.2) is 12.7 Å². The van der Waals surface area contributed by atoms with E-state index in [2.05, 4.69) is 36.4 Å². The quantitative estimate of drug-likeness (QED) is 0.857. The van der Waals surface area contributed by atoms with Crippen LogP contribution in [0.5, 0.6) is 0 Å². The Hall–Kier alpha value is -2.36. The lowest BCUT2D eigenvalue weighted by atomic mass is 9.81. The number of rotatable bonds is 3. The highest BCUT2D eigenvalue weighted by Gasteiger charge is 2.34. The summed E-state index contributed by atoms with van der Waals surface area (Å²) in [4.78, 5) is 0. The topological polar surface area (TPSA) is 56.8 Å². The molecule has 3 nitrogen and oxygen atoms in total.